The third-order valence-corrected chi connectivity index (χ3v) is 5.00. The zero-order valence-corrected chi connectivity index (χ0v) is 13.6. The lowest BCUT2D eigenvalue weighted by Crippen LogP contribution is -2.45. The summed E-state index contributed by atoms with van der Waals surface area (Å²) in [6.45, 7) is 5.49. The molecule has 2 heterocycles. The molecule has 1 aromatic rings. The highest BCUT2D eigenvalue weighted by atomic mass is 32.1. The van der Waals surface area contributed by atoms with Gasteiger partial charge in [-0.05, 0) is 37.6 Å². The van der Waals surface area contributed by atoms with Gasteiger partial charge in [0.25, 0.3) is 0 Å². The maximum atomic E-state index is 12.2. The van der Waals surface area contributed by atoms with Gasteiger partial charge in [-0.1, -0.05) is 13.0 Å². The SMILES string of the molecule is CCC(C)NC(=O)C1CCN(C(=O)Cc2cccs2)CC1. The van der Waals surface area contributed by atoms with E-state index in [0.29, 0.717) is 19.5 Å². The Labute approximate surface area is 130 Å². The number of carbonyl (C=O) groups is 2. The molecular formula is C16H24N2O2S. The van der Waals surface area contributed by atoms with Crippen molar-refractivity contribution in [2.45, 2.75) is 45.6 Å². The van der Waals surface area contributed by atoms with Gasteiger partial charge in [-0.15, -0.1) is 11.3 Å². The van der Waals surface area contributed by atoms with Crippen molar-refractivity contribution in [2.75, 3.05) is 13.1 Å². The van der Waals surface area contributed by atoms with Crippen LogP contribution in [-0.2, 0) is 16.0 Å². The van der Waals surface area contributed by atoms with E-state index in [9.17, 15) is 9.59 Å². The molecule has 0 aliphatic carbocycles. The van der Waals surface area contributed by atoms with Crippen LogP contribution in [0.4, 0.5) is 0 Å². The molecule has 1 aromatic heterocycles. The zero-order chi connectivity index (χ0) is 15.2. The average molecular weight is 308 g/mol. The zero-order valence-electron chi connectivity index (χ0n) is 12.8. The first-order chi connectivity index (χ1) is 10.1. The molecule has 0 radical (unpaired) electrons. The molecular weight excluding hydrogens is 284 g/mol. The summed E-state index contributed by atoms with van der Waals surface area (Å²) >= 11 is 1.62. The first-order valence-electron chi connectivity index (χ1n) is 7.70. The molecule has 1 fully saturated rings. The normalized spacial score (nSPS) is 17.5. The molecule has 21 heavy (non-hydrogen) atoms. The second kappa shape index (κ2) is 7.59. The van der Waals surface area contributed by atoms with Gasteiger partial charge in [-0.25, -0.2) is 0 Å². The quantitative estimate of drug-likeness (QED) is 0.908. The molecule has 1 aliphatic heterocycles. The molecule has 0 saturated carbocycles. The van der Waals surface area contributed by atoms with Crippen molar-refractivity contribution >= 4 is 23.2 Å². The van der Waals surface area contributed by atoms with Crippen LogP contribution < -0.4 is 5.32 Å². The highest BCUT2D eigenvalue weighted by Crippen LogP contribution is 2.19. The van der Waals surface area contributed by atoms with Gasteiger partial charge in [0.15, 0.2) is 0 Å². The van der Waals surface area contributed by atoms with Crippen molar-refractivity contribution in [3.63, 3.8) is 0 Å². The second-order valence-corrected chi connectivity index (χ2v) is 6.76. The third kappa shape index (κ3) is 4.56. The molecule has 5 heteroatoms. The number of likely N-dealkylation sites (tertiary alicyclic amines) is 1. The number of carbonyl (C=O) groups excluding carboxylic acids is 2. The number of thiophene rings is 1. The van der Waals surface area contributed by atoms with Crippen LogP contribution in [0.15, 0.2) is 17.5 Å². The molecule has 0 bridgehead atoms. The largest absolute Gasteiger partial charge is 0.353 e. The molecule has 0 aromatic carbocycles. The van der Waals surface area contributed by atoms with Crippen molar-refractivity contribution in [1.29, 1.82) is 0 Å². The molecule has 1 saturated heterocycles. The van der Waals surface area contributed by atoms with Crippen LogP contribution >= 0.6 is 11.3 Å². The van der Waals surface area contributed by atoms with Crippen LogP contribution in [-0.4, -0.2) is 35.8 Å². The van der Waals surface area contributed by atoms with E-state index in [1.807, 2.05) is 29.3 Å². The molecule has 1 N–H and O–H groups in total. The standard InChI is InChI=1S/C16H24N2O2S/c1-3-12(2)17-16(20)13-6-8-18(9-7-13)15(19)11-14-5-4-10-21-14/h4-5,10,12-13H,3,6-9,11H2,1-2H3,(H,17,20). The number of rotatable bonds is 5. The second-order valence-electron chi connectivity index (χ2n) is 5.73. The summed E-state index contributed by atoms with van der Waals surface area (Å²) in [4.78, 5) is 27.3. The summed E-state index contributed by atoms with van der Waals surface area (Å²) in [7, 11) is 0. The van der Waals surface area contributed by atoms with Crippen LogP contribution in [0.2, 0.25) is 0 Å². The first-order valence-corrected chi connectivity index (χ1v) is 8.58. The van der Waals surface area contributed by atoms with E-state index >= 15 is 0 Å². The summed E-state index contributed by atoms with van der Waals surface area (Å²) in [5, 5.41) is 5.03. The van der Waals surface area contributed by atoms with E-state index in [0.717, 1.165) is 24.1 Å². The van der Waals surface area contributed by atoms with Gasteiger partial charge in [0.2, 0.25) is 11.8 Å². The Bertz CT molecular complexity index is 465. The smallest absolute Gasteiger partial charge is 0.227 e. The Morgan fingerprint density at radius 2 is 2.14 bits per heavy atom. The molecule has 116 valence electrons. The molecule has 1 atom stereocenters. The van der Waals surface area contributed by atoms with E-state index < -0.39 is 0 Å². The molecule has 1 aliphatic rings. The van der Waals surface area contributed by atoms with E-state index in [-0.39, 0.29) is 23.8 Å². The minimum atomic E-state index is 0.0600. The summed E-state index contributed by atoms with van der Waals surface area (Å²) < 4.78 is 0. The van der Waals surface area contributed by atoms with Gasteiger partial charge in [0.1, 0.15) is 0 Å². The van der Waals surface area contributed by atoms with Crippen molar-refractivity contribution in [3.05, 3.63) is 22.4 Å². The lowest BCUT2D eigenvalue weighted by atomic mass is 9.95. The maximum Gasteiger partial charge on any atom is 0.227 e. The summed E-state index contributed by atoms with van der Waals surface area (Å²) in [6.07, 6.45) is 2.99. The molecule has 2 amide bonds. The first kappa shape index (κ1) is 16.0. The minimum absolute atomic E-state index is 0.0600. The lowest BCUT2D eigenvalue weighted by molar-refractivity contribution is -0.135. The Morgan fingerprint density at radius 1 is 1.43 bits per heavy atom. The van der Waals surface area contributed by atoms with Crippen molar-refractivity contribution in [1.82, 2.24) is 10.2 Å². The van der Waals surface area contributed by atoms with Gasteiger partial charge in [0.05, 0.1) is 6.42 Å². The topological polar surface area (TPSA) is 49.4 Å². The van der Waals surface area contributed by atoms with Crippen LogP contribution in [0.3, 0.4) is 0 Å². The van der Waals surface area contributed by atoms with Crippen LogP contribution in [0.5, 0.6) is 0 Å². The monoisotopic (exact) mass is 308 g/mol. The lowest BCUT2D eigenvalue weighted by Gasteiger charge is -2.31. The summed E-state index contributed by atoms with van der Waals surface area (Å²) in [6, 6.07) is 4.20. The van der Waals surface area contributed by atoms with Gasteiger partial charge < -0.3 is 10.2 Å². The average Bonchev–Trinajstić information content (AvgIpc) is 3.00. The molecule has 4 nitrogen and oxygen atoms in total. The van der Waals surface area contributed by atoms with Crippen molar-refractivity contribution < 1.29 is 9.59 Å². The number of hydrogen-bond acceptors (Lipinski definition) is 3. The number of hydrogen-bond donors (Lipinski definition) is 1. The highest BCUT2D eigenvalue weighted by Gasteiger charge is 2.27. The van der Waals surface area contributed by atoms with E-state index in [2.05, 4.69) is 12.2 Å². The highest BCUT2D eigenvalue weighted by molar-refractivity contribution is 7.10. The molecule has 0 spiro atoms. The third-order valence-electron chi connectivity index (χ3n) is 4.13. The number of amides is 2. The van der Waals surface area contributed by atoms with Gasteiger partial charge in [-0.3, -0.25) is 9.59 Å². The van der Waals surface area contributed by atoms with Crippen molar-refractivity contribution in [2.24, 2.45) is 5.92 Å². The fraction of sp³-hybridized carbons (Fsp3) is 0.625. The fourth-order valence-corrected chi connectivity index (χ4v) is 3.22. The molecule has 2 rings (SSSR count). The summed E-state index contributed by atoms with van der Waals surface area (Å²) in [5.74, 6) is 0.387. The van der Waals surface area contributed by atoms with E-state index in [4.69, 9.17) is 0 Å². The van der Waals surface area contributed by atoms with Crippen LogP contribution in [0, 0.1) is 5.92 Å². The van der Waals surface area contributed by atoms with Crippen LogP contribution in [0.25, 0.3) is 0 Å². The maximum absolute atomic E-state index is 12.2. The minimum Gasteiger partial charge on any atom is -0.353 e. The van der Waals surface area contributed by atoms with Gasteiger partial charge >= 0.3 is 0 Å². The number of piperidine rings is 1. The predicted octanol–water partition coefficient (Wildman–Crippen LogP) is 2.44. The number of nitrogens with zero attached hydrogens (tertiary/aromatic N) is 1. The Kier molecular flexibility index (Phi) is 5.79. The Hall–Kier alpha value is -1.36. The van der Waals surface area contributed by atoms with E-state index in [1.54, 1.807) is 11.3 Å². The predicted molar refractivity (Wildman–Crippen MR) is 85.2 cm³/mol. The Balaban J connectivity index is 1.77. The van der Waals surface area contributed by atoms with Gasteiger partial charge in [0, 0.05) is 29.9 Å². The van der Waals surface area contributed by atoms with Gasteiger partial charge in [-0.2, -0.15) is 0 Å². The van der Waals surface area contributed by atoms with Crippen molar-refractivity contribution in [3.8, 4) is 0 Å². The molecule has 1 unspecified atom stereocenters. The van der Waals surface area contributed by atoms with E-state index in [1.165, 1.54) is 0 Å². The van der Waals surface area contributed by atoms with Crippen LogP contribution in [0.1, 0.15) is 38.0 Å². The Morgan fingerprint density at radius 3 is 2.71 bits per heavy atom. The summed E-state index contributed by atoms with van der Waals surface area (Å²) in [5.41, 5.74) is 0. The fourth-order valence-electron chi connectivity index (χ4n) is 2.53. The number of nitrogens with one attached hydrogen (secondary N) is 1.